The number of fused-ring (bicyclic) bond motifs is 1. The molecule has 0 saturated carbocycles. The van der Waals surface area contributed by atoms with Crippen molar-refractivity contribution in [2.45, 2.75) is 25.5 Å². The number of hydrogen-bond acceptors (Lipinski definition) is 3. The Bertz CT molecular complexity index is 267. The van der Waals surface area contributed by atoms with Crippen LogP contribution in [-0.4, -0.2) is 40.6 Å². The van der Waals surface area contributed by atoms with E-state index in [1.54, 1.807) is 0 Å². The van der Waals surface area contributed by atoms with E-state index in [1.165, 1.54) is 11.8 Å². The highest BCUT2D eigenvalue weighted by molar-refractivity contribution is 5.84. The number of amides is 4. The Kier molecular flexibility index (Phi) is 1.56. The van der Waals surface area contributed by atoms with Gasteiger partial charge in [0.25, 0.3) is 0 Å². The number of aliphatic hydroxyl groups excluding tert-OH is 1. The normalized spacial score (nSPS) is 33.5. The molecule has 3 unspecified atom stereocenters. The molecule has 4 N–H and O–H groups in total. The fourth-order valence-electron chi connectivity index (χ4n) is 1.56. The second-order valence-electron chi connectivity index (χ2n) is 3.03. The summed E-state index contributed by atoms with van der Waals surface area (Å²) in [6, 6.07) is -0.738. The smallest absolute Gasteiger partial charge is 0.322 e. The molecule has 0 aliphatic carbocycles. The first-order valence-electron chi connectivity index (χ1n) is 3.93. The van der Waals surface area contributed by atoms with Crippen LogP contribution in [0.1, 0.15) is 6.92 Å². The SMILES string of the molecule is CC(O)N1C(=O)NC2NC(=O)NC21. The predicted octanol–water partition coefficient (Wildman–Crippen LogP) is -1.69. The van der Waals surface area contributed by atoms with Crippen LogP contribution in [0.5, 0.6) is 0 Å². The highest BCUT2D eigenvalue weighted by Crippen LogP contribution is 2.15. The minimum Gasteiger partial charge on any atom is -0.374 e. The molecule has 0 bridgehead atoms. The number of urea groups is 2. The van der Waals surface area contributed by atoms with Crippen molar-refractivity contribution in [3.63, 3.8) is 0 Å². The highest BCUT2D eigenvalue weighted by atomic mass is 16.3. The molecule has 2 heterocycles. The Morgan fingerprint density at radius 3 is 2.69 bits per heavy atom. The van der Waals surface area contributed by atoms with E-state index >= 15 is 0 Å². The molecule has 2 saturated heterocycles. The third-order valence-electron chi connectivity index (χ3n) is 2.10. The van der Waals surface area contributed by atoms with Crippen LogP contribution in [0.25, 0.3) is 0 Å². The van der Waals surface area contributed by atoms with Gasteiger partial charge in [-0.15, -0.1) is 0 Å². The molecule has 2 aliphatic rings. The van der Waals surface area contributed by atoms with Gasteiger partial charge >= 0.3 is 12.1 Å². The molecule has 0 aromatic carbocycles. The van der Waals surface area contributed by atoms with Gasteiger partial charge in [-0.05, 0) is 6.92 Å². The quantitative estimate of drug-likeness (QED) is 0.394. The van der Waals surface area contributed by atoms with Crippen LogP contribution in [0.2, 0.25) is 0 Å². The molecular weight excluding hydrogens is 176 g/mol. The van der Waals surface area contributed by atoms with E-state index in [2.05, 4.69) is 16.0 Å². The Morgan fingerprint density at radius 2 is 2.08 bits per heavy atom. The third-order valence-corrected chi connectivity index (χ3v) is 2.10. The first-order valence-corrected chi connectivity index (χ1v) is 3.93. The summed E-state index contributed by atoms with van der Waals surface area (Å²) < 4.78 is 0. The van der Waals surface area contributed by atoms with Crippen molar-refractivity contribution >= 4 is 12.1 Å². The number of nitrogens with one attached hydrogen (secondary N) is 3. The lowest BCUT2D eigenvalue weighted by Crippen LogP contribution is -2.47. The zero-order valence-corrected chi connectivity index (χ0v) is 6.94. The molecule has 3 atom stereocenters. The average molecular weight is 186 g/mol. The van der Waals surface area contributed by atoms with Gasteiger partial charge in [0.1, 0.15) is 18.6 Å². The van der Waals surface area contributed by atoms with Gasteiger partial charge < -0.3 is 21.1 Å². The number of aliphatic hydroxyl groups is 1. The highest BCUT2D eigenvalue weighted by Gasteiger charge is 2.46. The van der Waals surface area contributed by atoms with Gasteiger partial charge in [0.05, 0.1) is 0 Å². The number of hydrogen-bond donors (Lipinski definition) is 4. The second-order valence-corrected chi connectivity index (χ2v) is 3.03. The first-order chi connectivity index (χ1) is 6.09. The standard InChI is InChI=1S/C6H10N4O3/c1-2(11)10-4-3(8-6(10)13)7-5(12)9-4/h2-4,11H,1H3,(H,8,13)(H2,7,9,12). The fraction of sp³-hybridized carbons (Fsp3) is 0.667. The van der Waals surface area contributed by atoms with Gasteiger partial charge in [0.2, 0.25) is 0 Å². The van der Waals surface area contributed by atoms with Crippen LogP contribution in [0, 0.1) is 0 Å². The average Bonchev–Trinajstić information content (AvgIpc) is 2.41. The van der Waals surface area contributed by atoms with Crippen LogP contribution in [0.15, 0.2) is 0 Å². The van der Waals surface area contributed by atoms with E-state index in [-0.39, 0.29) is 6.03 Å². The summed E-state index contributed by atoms with van der Waals surface area (Å²) in [5.74, 6) is 0. The summed E-state index contributed by atoms with van der Waals surface area (Å²) in [5, 5.41) is 16.8. The van der Waals surface area contributed by atoms with Crippen molar-refractivity contribution in [2.24, 2.45) is 0 Å². The number of rotatable bonds is 1. The molecule has 0 aromatic rings. The largest absolute Gasteiger partial charge is 0.374 e. The van der Waals surface area contributed by atoms with Crippen molar-refractivity contribution in [2.75, 3.05) is 0 Å². The molecule has 4 amide bonds. The molecule has 7 nitrogen and oxygen atoms in total. The predicted molar refractivity (Wildman–Crippen MR) is 41.3 cm³/mol. The van der Waals surface area contributed by atoms with E-state index in [1.807, 2.05) is 0 Å². The monoisotopic (exact) mass is 186 g/mol. The number of carbonyl (C=O) groups is 2. The molecule has 0 radical (unpaired) electrons. The molecule has 2 rings (SSSR count). The molecule has 7 heteroatoms. The van der Waals surface area contributed by atoms with Crippen molar-refractivity contribution in [3.8, 4) is 0 Å². The Labute approximate surface area is 74.1 Å². The maximum Gasteiger partial charge on any atom is 0.322 e. The third kappa shape index (κ3) is 1.08. The fourth-order valence-corrected chi connectivity index (χ4v) is 1.56. The zero-order chi connectivity index (χ0) is 9.59. The summed E-state index contributed by atoms with van der Waals surface area (Å²) in [6.07, 6.45) is -1.87. The maximum absolute atomic E-state index is 11.2. The van der Waals surface area contributed by atoms with Gasteiger partial charge in [-0.25, -0.2) is 9.59 Å². The maximum atomic E-state index is 11.2. The lowest BCUT2D eigenvalue weighted by Gasteiger charge is -2.23. The van der Waals surface area contributed by atoms with E-state index in [9.17, 15) is 14.7 Å². The molecule has 2 fully saturated rings. The number of carbonyl (C=O) groups excluding carboxylic acids is 2. The lowest BCUT2D eigenvalue weighted by atomic mass is 10.4. The summed E-state index contributed by atoms with van der Waals surface area (Å²) in [7, 11) is 0. The summed E-state index contributed by atoms with van der Waals surface area (Å²) in [6.45, 7) is 1.46. The van der Waals surface area contributed by atoms with Gasteiger partial charge in [-0.3, -0.25) is 4.90 Å². The molecule has 13 heavy (non-hydrogen) atoms. The van der Waals surface area contributed by atoms with E-state index in [0.29, 0.717) is 0 Å². The van der Waals surface area contributed by atoms with Crippen molar-refractivity contribution in [1.82, 2.24) is 20.9 Å². The summed E-state index contributed by atoms with van der Waals surface area (Å²) in [5.41, 5.74) is 0. The van der Waals surface area contributed by atoms with Gasteiger partial charge in [-0.1, -0.05) is 0 Å². The molecule has 2 aliphatic heterocycles. The van der Waals surface area contributed by atoms with Crippen LogP contribution >= 0.6 is 0 Å². The number of nitrogens with zero attached hydrogens (tertiary/aromatic N) is 1. The topological polar surface area (TPSA) is 93.7 Å². The summed E-state index contributed by atoms with van der Waals surface area (Å²) in [4.78, 5) is 23.2. The molecule has 0 aromatic heterocycles. The molecular formula is C6H10N4O3. The summed E-state index contributed by atoms with van der Waals surface area (Å²) >= 11 is 0. The first kappa shape index (κ1) is 8.11. The van der Waals surface area contributed by atoms with E-state index < -0.39 is 24.6 Å². The van der Waals surface area contributed by atoms with Crippen molar-refractivity contribution < 1.29 is 14.7 Å². The Balaban J connectivity index is 2.19. The lowest BCUT2D eigenvalue weighted by molar-refractivity contribution is 0.0308. The van der Waals surface area contributed by atoms with Crippen LogP contribution in [0.3, 0.4) is 0 Å². The van der Waals surface area contributed by atoms with E-state index in [4.69, 9.17) is 0 Å². The van der Waals surface area contributed by atoms with Gasteiger partial charge in [0, 0.05) is 0 Å². The minimum atomic E-state index is -0.921. The van der Waals surface area contributed by atoms with Crippen molar-refractivity contribution in [3.05, 3.63) is 0 Å². The van der Waals surface area contributed by atoms with Crippen molar-refractivity contribution in [1.29, 1.82) is 0 Å². The van der Waals surface area contributed by atoms with Gasteiger partial charge in [-0.2, -0.15) is 0 Å². The van der Waals surface area contributed by atoms with Crippen LogP contribution < -0.4 is 16.0 Å². The van der Waals surface area contributed by atoms with E-state index in [0.717, 1.165) is 0 Å². The van der Waals surface area contributed by atoms with Crippen LogP contribution in [-0.2, 0) is 0 Å². The molecule has 0 spiro atoms. The Morgan fingerprint density at radius 1 is 1.38 bits per heavy atom. The minimum absolute atomic E-state index is 0.347. The second kappa shape index (κ2) is 2.49. The zero-order valence-electron chi connectivity index (χ0n) is 6.94. The molecule has 72 valence electrons. The van der Waals surface area contributed by atoms with Gasteiger partial charge in [0.15, 0.2) is 0 Å². The van der Waals surface area contributed by atoms with Crippen LogP contribution in [0.4, 0.5) is 9.59 Å². The Hall–Kier alpha value is -1.50.